The third-order valence-corrected chi connectivity index (χ3v) is 9.53. The summed E-state index contributed by atoms with van der Waals surface area (Å²) >= 11 is 0. The van der Waals surface area contributed by atoms with Crippen LogP contribution in [0.5, 0.6) is 0 Å². The van der Waals surface area contributed by atoms with Gasteiger partial charge < -0.3 is 10.2 Å². The van der Waals surface area contributed by atoms with E-state index in [1.54, 1.807) is 5.57 Å². The average molecular weight is 429 g/mol. The third kappa shape index (κ3) is 5.56. The minimum Gasteiger partial charge on any atom is -0.393 e. The van der Waals surface area contributed by atoms with Crippen molar-refractivity contribution in [2.75, 3.05) is 0 Å². The molecular weight excluding hydrogens is 380 g/mol. The van der Waals surface area contributed by atoms with Crippen LogP contribution in [0, 0.1) is 23.2 Å². The summed E-state index contributed by atoms with van der Waals surface area (Å²) in [6.45, 7) is 13.5. The second kappa shape index (κ2) is 10.4. The summed E-state index contributed by atoms with van der Waals surface area (Å²) in [6.07, 6.45) is 18.7. The quantitative estimate of drug-likeness (QED) is 0.420. The molecule has 0 amide bonds. The monoisotopic (exact) mass is 428 g/mol. The van der Waals surface area contributed by atoms with Crippen molar-refractivity contribution in [2.45, 2.75) is 123 Å². The number of aliphatic hydroxyl groups excluding tert-OH is 1. The number of rotatable bonds is 8. The van der Waals surface area contributed by atoms with Crippen molar-refractivity contribution in [3.8, 4) is 0 Å². The highest BCUT2D eigenvalue weighted by molar-refractivity contribution is 5.36. The normalized spacial score (nSPS) is 35.5. The molecule has 176 valence electrons. The van der Waals surface area contributed by atoms with Crippen LogP contribution in [-0.4, -0.2) is 21.9 Å². The molecule has 3 rings (SSSR count). The molecule has 0 saturated heterocycles. The largest absolute Gasteiger partial charge is 0.393 e. The Labute approximate surface area is 191 Å². The smallest absolute Gasteiger partial charge is 0.0642 e. The van der Waals surface area contributed by atoms with Crippen molar-refractivity contribution in [3.63, 3.8) is 0 Å². The Hall–Kier alpha value is -0.860. The van der Waals surface area contributed by atoms with Crippen molar-refractivity contribution < 1.29 is 10.2 Å². The van der Waals surface area contributed by atoms with Crippen molar-refractivity contribution in [2.24, 2.45) is 23.2 Å². The van der Waals surface area contributed by atoms with Gasteiger partial charge in [0.2, 0.25) is 0 Å². The Kier molecular flexibility index (Phi) is 8.30. The van der Waals surface area contributed by atoms with Crippen LogP contribution in [0.1, 0.15) is 111 Å². The molecule has 3 saturated carbocycles. The van der Waals surface area contributed by atoms with Gasteiger partial charge in [0.05, 0.1) is 11.7 Å². The van der Waals surface area contributed by atoms with E-state index in [1.807, 2.05) is 0 Å². The van der Waals surface area contributed by atoms with Crippen molar-refractivity contribution in [3.05, 3.63) is 35.5 Å². The maximum atomic E-state index is 10.6. The SMILES string of the molecule is C=C1CC[C@@H](O)C/C1=C/C=C1\CCC[C@]2(C)[C@@H]([C@H](C)CCCC(O)(CC)CC)CC[C@@H]12. The fourth-order valence-corrected chi connectivity index (χ4v) is 7.17. The molecule has 0 aromatic carbocycles. The predicted molar refractivity (Wildman–Crippen MR) is 132 cm³/mol. The van der Waals surface area contributed by atoms with E-state index < -0.39 is 5.60 Å². The summed E-state index contributed by atoms with van der Waals surface area (Å²) in [4.78, 5) is 0. The zero-order valence-corrected chi connectivity index (χ0v) is 20.8. The van der Waals surface area contributed by atoms with Crippen molar-refractivity contribution >= 4 is 0 Å². The van der Waals surface area contributed by atoms with Gasteiger partial charge in [-0.05, 0) is 99.4 Å². The van der Waals surface area contributed by atoms with E-state index in [0.717, 1.165) is 62.7 Å². The van der Waals surface area contributed by atoms with Crippen LogP contribution in [0.3, 0.4) is 0 Å². The van der Waals surface area contributed by atoms with Crippen LogP contribution in [0.25, 0.3) is 0 Å². The minimum absolute atomic E-state index is 0.193. The van der Waals surface area contributed by atoms with Crippen LogP contribution < -0.4 is 0 Å². The lowest BCUT2D eigenvalue weighted by atomic mass is 9.60. The van der Waals surface area contributed by atoms with Gasteiger partial charge in [-0.2, -0.15) is 0 Å². The third-order valence-electron chi connectivity index (χ3n) is 9.53. The maximum absolute atomic E-state index is 10.6. The Morgan fingerprint density at radius 1 is 1.16 bits per heavy atom. The molecule has 0 aromatic heterocycles. The number of aliphatic hydroxyl groups is 2. The average Bonchev–Trinajstić information content (AvgIpc) is 3.11. The van der Waals surface area contributed by atoms with E-state index in [-0.39, 0.29) is 6.10 Å². The molecule has 0 aliphatic heterocycles. The highest BCUT2D eigenvalue weighted by Crippen LogP contribution is 2.60. The standard InChI is InChI=1S/C29H48O2/c1-6-29(31,7-2)19-8-10-22(4)26-16-17-27-23(11-9-18-28(26,27)5)13-14-24-20-25(30)15-12-21(24)3/h13-14,22,25-27,30-31H,3,6-12,15-20H2,1-2,4-5H3/b23-13+,24-14-/t22-,25-,26-,27+,28-/m1/s1. The second-order valence-electron chi connectivity index (χ2n) is 11.3. The van der Waals surface area contributed by atoms with Gasteiger partial charge in [0.1, 0.15) is 0 Å². The lowest BCUT2D eigenvalue weighted by molar-refractivity contribution is 0.0178. The summed E-state index contributed by atoms with van der Waals surface area (Å²) < 4.78 is 0. The van der Waals surface area contributed by atoms with E-state index in [9.17, 15) is 10.2 Å². The topological polar surface area (TPSA) is 40.5 Å². The van der Waals surface area contributed by atoms with Gasteiger partial charge in [0.25, 0.3) is 0 Å². The molecule has 0 spiro atoms. The number of hydrogen-bond donors (Lipinski definition) is 2. The summed E-state index contributed by atoms with van der Waals surface area (Å²) in [7, 11) is 0. The molecule has 0 aromatic rings. The first-order valence-corrected chi connectivity index (χ1v) is 13.2. The molecule has 0 bridgehead atoms. The van der Waals surface area contributed by atoms with Gasteiger partial charge in [0, 0.05) is 0 Å². The Morgan fingerprint density at radius 2 is 1.90 bits per heavy atom. The lowest BCUT2D eigenvalue weighted by Gasteiger charge is -2.44. The van der Waals surface area contributed by atoms with Crippen LogP contribution in [0.4, 0.5) is 0 Å². The lowest BCUT2D eigenvalue weighted by Crippen LogP contribution is -2.36. The number of hydrogen-bond acceptors (Lipinski definition) is 2. The second-order valence-corrected chi connectivity index (χ2v) is 11.3. The number of allylic oxidation sites excluding steroid dienone is 4. The molecular formula is C29H48O2. The fourth-order valence-electron chi connectivity index (χ4n) is 7.17. The van der Waals surface area contributed by atoms with E-state index in [2.05, 4.69) is 46.4 Å². The molecule has 0 heterocycles. The van der Waals surface area contributed by atoms with E-state index >= 15 is 0 Å². The van der Waals surface area contributed by atoms with E-state index in [0.29, 0.717) is 5.41 Å². The zero-order chi connectivity index (χ0) is 22.6. The molecule has 3 aliphatic carbocycles. The highest BCUT2D eigenvalue weighted by atomic mass is 16.3. The maximum Gasteiger partial charge on any atom is 0.0642 e. The first kappa shape index (κ1) is 24.8. The molecule has 2 heteroatoms. The van der Waals surface area contributed by atoms with E-state index in [1.165, 1.54) is 49.7 Å². The molecule has 3 fully saturated rings. The van der Waals surface area contributed by atoms with E-state index in [4.69, 9.17) is 0 Å². The summed E-state index contributed by atoms with van der Waals surface area (Å²) in [6, 6.07) is 0. The van der Waals surface area contributed by atoms with Gasteiger partial charge in [-0.25, -0.2) is 0 Å². The first-order chi connectivity index (χ1) is 14.7. The van der Waals surface area contributed by atoms with Gasteiger partial charge in [-0.3, -0.25) is 0 Å². The molecule has 0 radical (unpaired) electrons. The summed E-state index contributed by atoms with van der Waals surface area (Å²) in [5, 5.41) is 20.7. The van der Waals surface area contributed by atoms with Crippen LogP contribution in [-0.2, 0) is 0 Å². The molecule has 5 atom stereocenters. The minimum atomic E-state index is -0.452. The zero-order valence-electron chi connectivity index (χ0n) is 20.8. The molecule has 0 unspecified atom stereocenters. The van der Waals surface area contributed by atoms with Gasteiger partial charge >= 0.3 is 0 Å². The van der Waals surface area contributed by atoms with Crippen molar-refractivity contribution in [1.29, 1.82) is 0 Å². The molecule has 2 N–H and O–H groups in total. The van der Waals surface area contributed by atoms with Crippen LogP contribution in [0.15, 0.2) is 35.5 Å². The van der Waals surface area contributed by atoms with Gasteiger partial charge in [0.15, 0.2) is 0 Å². The van der Waals surface area contributed by atoms with Gasteiger partial charge in [-0.1, -0.05) is 70.4 Å². The van der Waals surface area contributed by atoms with Crippen molar-refractivity contribution in [1.82, 2.24) is 0 Å². The Balaban J connectivity index is 1.65. The molecule has 3 aliphatic rings. The first-order valence-electron chi connectivity index (χ1n) is 13.2. The Bertz CT molecular complexity index is 683. The predicted octanol–water partition coefficient (Wildman–Crippen LogP) is 7.51. The highest BCUT2D eigenvalue weighted by Gasteiger charge is 2.50. The summed E-state index contributed by atoms with van der Waals surface area (Å²) in [5.74, 6) is 2.26. The number of fused-ring (bicyclic) bond motifs is 1. The molecule has 2 nitrogen and oxygen atoms in total. The Morgan fingerprint density at radius 3 is 2.61 bits per heavy atom. The summed E-state index contributed by atoms with van der Waals surface area (Å²) in [5.41, 5.74) is 4.11. The van der Waals surface area contributed by atoms with Gasteiger partial charge in [-0.15, -0.1) is 0 Å². The van der Waals surface area contributed by atoms with Crippen LogP contribution in [0.2, 0.25) is 0 Å². The van der Waals surface area contributed by atoms with Crippen LogP contribution >= 0.6 is 0 Å². The fraction of sp³-hybridized carbons (Fsp3) is 0.793. The molecule has 31 heavy (non-hydrogen) atoms.